The maximum atomic E-state index is 12.1. The van der Waals surface area contributed by atoms with Gasteiger partial charge in [-0.2, -0.15) is 0 Å². The third kappa shape index (κ3) is 3.56. The number of aromatic amines is 1. The number of hydrogen-bond donors (Lipinski definition) is 3. The molecule has 0 aliphatic heterocycles. The molecule has 108 valence electrons. The van der Waals surface area contributed by atoms with E-state index in [9.17, 15) is 14.4 Å². The summed E-state index contributed by atoms with van der Waals surface area (Å²) in [7, 11) is 0. The first-order valence-electron chi connectivity index (χ1n) is 6.31. The molecule has 0 radical (unpaired) electrons. The molecule has 6 nitrogen and oxygen atoms in total. The Balaban J connectivity index is 2.21. The molecule has 1 aromatic heterocycles. The van der Waals surface area contributed by atoms with Gasteiger partial charge in [-0.3, -0.25) is 9.59 Å². The van der Waals surface area contributed by atoms with Gasteiger partial charge in [-0.05, 0) is 12.5 Å². The molecule has 0 fully saturated rings. The van der Waals surface area contributed by atoms with Crippen molar-refractivity contribution < 1.29 is 14.7 Å². The number of H-pyrrole nitrogens is 1. The van der Waals surface area contributed by atoms with E-state index in [0.29, 0.717) is 0 Å². The van der Waals surface area contributed by atoms with E-state index in [4.69, 9.17) is 5.11 Å². The predicted molar refractivity (Wildman–Crippen MR) is 76.3 cm³/mol. The predicted octanol–water partition coefficient (Wildman–Crippen LogP) is 1.56. The standard InChI is InChI=1S/C15H14N2O4/c1-9(10-5-3-2-4-6-10)16-14(19)12-7-11(18)8-13(17-12)15(20)21/h2-9H,1H3,(H,16,19)(H,17,18)(H,20,21)/t9-/m1/s1. The summed E-state index contributed by atoms with van der Waals surface area (Å²) >= 11 is 0. The van der Waals surface area contributed by atoms with E-state index in [1.165, 1.54) is 0 Å². The van der Waals surface area contributed by atoms with Crippen LogP contribution in [0, 0.1) is 0 Å². The van der Waals surface area contributed by atoms with Crippen LogP contribution >= 0.6 is 0 Å². The Morgan fingerprint density at radius 2 is 1.76 bits per heavy atom. The highest BCUT2D eigenvalue weighted by Gasteiger charge is 2.14. The van der Waals surface area contributed by atoms with Crippen molar-refractivity contribution in [2.45, 2.75) is 13.0 Å². The van der Waals surface area contributed by atoms with Crippen LogP contribution in [0.2, 0.25) is 0 Å². The number of hydrogen-bond acceptors (Lipinski definition) is 3. The molecular weight excluding hydrogens is 272 g/mol. The molecule has 1 amide bonds. The van der Waals surface area contributed by atoms with Crippen LogP contribution in [-0.2, 0) is 0 Å². The molecule has 1 atom stereocenters. The zero-order valence-electron chi connectivity index (χ0n) is 11.3. The highest BCUT2D eigenvalue weighted by molar-refractivity contribution is 5.94. The van der Waals surface area contributed by atoms with Gasteiger partial charge in [-0.15, -0.1) is 0 Å². The number of benzene rings is 1. The normalized spacial score (nSPS) is 11.7. The summed E-state index contributed by atoms with van der Waals surface area (Å²) in [5, 5.41) is 11.6. The number of aromatic carboxylic acids is 1. The Hall–Kier alpha value is -2.89. The summed E-state index contributed by atoms with van der Waals surface area (Å²) < 4.78 is 0. The molecule has 3 N–H and O–H groups in total. The van der Waals surface area contributed by atoms with Crippen molar-refractivity contribution in [3.63, 3.8) is 0 Å². The maximum absolute atomic E-state index is 12.1. The summed E-state index contributed by atoms with van der Waals surface area (Å²) in [5.41, 5.74) is -0.0334. The number of carboxylic acid groups (broad SMARTS) is 1. The first-order chi connectivity index (χ1) is 9.97. The molecule has 0 spiro atoms. The molecule has 2 rings (SSSR count). The molecule has 0 unspecified atom stereocenters. The van der Waals surface area contributed by atoms with Gasteiger partial charge in [-0.25, -0.2) is 4.79 Å². The fraction of sp³-hybridized carbons (Fsp3) is 0.133. The van der Waals surface area contributed by atoms with E-state index in [1.807, 2.05) is 30.3 Å². The van der Waals surface area contributed by atoms with E-state index in [2.05, 4.69) is 10.3 Å². The summed E-state index contributed by atoms with van der Waals surface area (Å²) in [4.78, 5) is 36.8. The van der Waals surface area contributed by atoms with Gasteiger partial charge in [-0.1, -0.05) is 30.3 Å². The molecule has 1 aromatic carbocycles. The molecule has 21 heavy (non-hydrogen) atoms. The number of rotatable bonds is 4. The minimum absolute atomic E-state index is 0.0809. The van der Waals surface area contributed by atoms with E-state index in [0.717, 1.165) is 17.7 Å². The third-order valence-electron chi connectivity index (χ3n) is 2.96. The monoisotopic (exact) mass is 286 g/mol. The smallest absolute Gasteiger partial charge is 0.352 e. The van der Waals surface area contributed by atoms with Gasteiger partial charge in [0, 0.05) is 12.1 Å². The molecule has 0 aliphatic rings. The van der Waals surface area contributed by atoms with Gasteiger partial charge in [0.25, 0.3) is 5.91 Å². The fourth-order valence-corrected chi connectivity index (χ4v) is 1.88. The summed E-state index contributed by atoms with van der Waals surface area (Å²) in [6, 6.07) is 11.0. The van der Waals surface area contributed by atoms with Crippen LogP contribution in [-0.4, -0.2) is 22.0 Å². The van der Waals surface area contributed by atoms with Crippen LogP contribution in [0.15, 0.2) is 47.3 Å². The van der Waals surface area contributed by atoms with Crippen molar-refractivity contribution in [2.24, 2.45) is 0 Å². The second-order valence-electron chi connectivity index (χ2n) is 4.55. The number of carbonyl (C=O) groups excluding carboxylic acids is 1. The number of carbonyl (C=O) groups is 2. The average Bonchev–Trinajstić information content (AvgIpc) is 2.47. The van der Waals surface area contributed by atoms with E-state index >= 15 is 0 Å². The SMILES string of the molecule is C[C@@H](NC(=O)c1cc(=O)cc(C(=O)O)[nH]1)c1ccccc1. The van der Waals surface area contributed by atoms with Crippen LogP contribution in [0.25, 0.3) is 0 Å². The van der Waals surface area contributed by atoms with Crippen LogP contribution in [0.5, 0.6) is 0 Å². The average molecular weight is 286 g/mol. The van der Waals surface area contributed by atoms with Gasteiger partial charge in [0.2, 0.25) is 0 Å². The topological polar surface area (TPSA) is 99.3 Å². The molecule has 0 saturated carbocycles. The van der Waals surface area contributed by atoms with Crippen molar-refractivity contribution >= 4 is 11.9 Å². The molecule has 0 saturated heterocycles. The van der Waals surface area contributed by atoms with Gasteiger partial charge in [0.15, 0.2) is 5.43 Å². The van der Waals surface area contributed by atoms with Crippen LogP contribution < -0.4 is 10.7 Å². The molecule has 0 aliphatic carbocycles. The largest absolute Gasteiger partial charge is 0.477 e. The summed E-state index contributed by atoms with van der Waals surface area (Å²) in [6.45, 7) is 1.80. The lowest BCUT2D eigenvalue weighted by molar-refractivity contribution is 0.0690. The third-order valence-corrected chi connectivity index (χ3v) is 2.96. The lowest BCUT2D eigenvalue weighted by Gasteiger charge is -2.14. The minimum Gasteiger partial charge on any atom is -0.477 e. The molecular formula is C15H14N2O4. The van der Waals surface area contributed by atoms with Gasteiger partial charge in [0.1, 0.15) is 11.4 Å². The van der Waals surface area contributed by atoms with E-state index < -0.39 is 17.3 Å². The Labute approximate surface area is 120 Å². The number of pyridine rings is 1. The van der Waals surface area contributed by atoms with Crippen LogP contribution in [0.1, 0.15) is 39.5 Å². The summed E-state index contributed by atoms with van der Waals surface area (Å²) in [5.74, 6) is -1.83. The lowest BCUT2D eigenvalue weighted by Crippen LogP contribution is -2.29. The quantitative estimate of drug-likeness (QED) is 0.794. The first kappa shape index (κ1) is 14.5. The van der Waals surface area contributed by atoms with Crippen molar-refractivity contribution in [1.29, 1.82) is 0 Å². The van der Waals surface area contributed by atoms with Crippen LogP contribution in [0.3, 0.4) is 0 Å². The van der Waals surface area contributed by atoms with Gasteiger partial charge < -0.3 is 15.4 Å². The highest BCUT2D eigenvalue weighted by atomic mass is 16.4. The molecule has 1 heterocycles. The number of amides is 1. The summed E-state index contributed by atoms with van der Waals surface area (Å²) in [6.07, 6.45) is 0. The van der Waals surface area contributed by atoms with Gasteiger partial charge >= 0.3 is 5.97 Å². The number of carboxylic acids is 1. The lowest BCUT2D eigenvalue weighted by atomic mass is 10.1. The molecule has 2 aromatic rings. The van der Waals surface area contributed by atoms with E-state index in [-0.39, 0.29) is 17.4 Å². The van der Waals surface area contributed by atoms with Crippen molar-refractivity contribution in [3.8, 4) is 0 Å². The van der Waals surface area contributed by atoms with Gasteiger partial charge in [0.05, 0.1) is 6.04 Å². The Morgan fingerprint density at radius 1 is 1.14 bits per heavy atom. The highest BCUT2D eigenvalue weighted by Crippen LogP contribution is 2.11. The second kappa shape index (κ2) is 6.04. The van der Waals surface area contributed by atoms with Crippen molar-refractivity contribution in [3.05, 3.63) is 69.6 Å². The zero-order valence-corrected chi connectivity index (χ0v) is 11.3. The number of aromatic nitrogens is 1. The minimum atomic E-state index is -1.29. The van der Waals surface area contributed by atoms with Crippen molar-refractivity contribution in [2.75, 3.05) is 0 Å². The Morgan fingerprint density at radius 3 is 2.38 bits per heavy atom. The first-order valence-corrected chi connectivity index (χ1v) is 6.31. The number of nitrogens with one attached hydrogen (secondary N) is 2. The van der Waals surface area contributed by atoms with Crippen molar-refractivity contribution in [1.82, 2.24) is 10.3 Å². The van der Waals surface area contributed by atoms with E-state index in [1.54, 1.807) is 6.92 Å². The zero-order chi connectivity index (χ0) is 15.4. The Kier molecular flexibility index (Phi) is 4.18. The Bertz CT molecular complexity index is 722. The molecule has 6 heteroatoms. The fourth-order valence-electron chi connectivity index (χ4n) is 1.88. The molecule has 0 bridgehead atoms. The second-order valence-corrected chi connectivity index (χ2v) is 4.55. The maximum Gasteiger partial charge on any atom is 0.352 e. The van der Waals surface area contributed by atoms with Crippen LogP contribution in [0.4, 0.5) is 0 Å².